The fourth-order valence-corrected chi connectivity index (χ4v) is 1.99. The van der Waals surface area contributed by atoms with Gasteiger partial charge in [0.2, 0.25) is 0 Å². The van der Waals surface area contributed by atoms with Crippen molar-refractivity contribution in [2.75, 3.05) is 19.6 Å². The van der Waals surface area contributed by atoms with E-state index >= 15 is 0 Å². The van der Waals surface area contributed by atoms with Crippen LogP contribution in [0.5, 0.6) is 0 Å². The van der Waals surface area contributed by atoms with E-state index in [0.29, 0.717) is 18.3 Å². The largest absolute Gasteiger partial charge is 0.313 e. The van der Waals surface area contributed by atoms with E-state index < -0.39 is 0 Å². The first-order chi connectivity index (χ1) is 8.36. The summed E-state index contributed by atoms with van der Waals surface area (Å²) in [6.45, 7) is 2.26. The molecule has 0 aliphatic carbocycles. The van der Waals surface area contributed by atoms with Gasteiger partial charge in [-0.2, -0.15) is 0 Å². The maximum absolute atomic E-state index is 11.7. The van der Waals surface area contributed by atoms with E-state index in [1.807, 2.05) is 0 Å². The highest BCUT2D eigenvalue weighted by Gasteiger charge is 2.13. The molecule has 1 aliphatic rings. The number of piperidine rings is 1. The van der Waals surface area contributed by atoms with Crippen LogP contribution < -0.4 is 10.6 Å². The Morgan fingerprint density at radius 2 is 2.33 bits per heavy atom. The molecule has 100 valence electrons. The molecular formula is C12H19ClN4O. The first-order valence-corrected chi connectivity index (χ1v) is 6.09. The highest BCUT2D eigenvalue weighted by atomic mass is 35.5. The van der Waals surface area contributed by atoms with Crippen LogP contribution in [0.15, 0.2) is 18.6 Å². The van der Waals surface area contributed by atoms with Gasteiger partial charge in [-0.25, -0.2) is 4.98 Å². The second-order valence-electron chi connectivity index (χ2n) is 4.29. The average Bonchev–Trinajstić information content (AvgIpc) is 2.41. The molecule has 0 aromatic carbocycles. The molecule has 2 N–H and O–H groups in total. The number of ketones is 1. The number of halogens is 1. The van der Waals surface area contributed by atoms with Crippen LogP contribution in [0, 0.1) is 0 Å². The summed E-state index contributed by atoms with van der Waals surface area (Å²) in [5, 5.41) is 6.60. The van der Waals surface area contributed by atoms with Gasteiger partial charge in [0.25, 0.3) is 0 Å². The molecule has 1 unspecified atom stereocenters. The van der Waals surface area contributed by atoms with E-state index in [1.54, 1.807) is 6.20 Å². The summed E-state index contributed by atoms with van der Waals surface area (Å²) < 4.78 is 0. The van der Waals surface area contributed by atoms with Crippen LogP contribution in [0.3, 0.4) is 0 Å². The van der Waals surface area contributed by atoms with Crippen LogP contribution in [0.4, 0.5) is 0 Å². The van der Waals surface area contributed by atoms with Gasteiger partial charge in [-0.15, -0.1) is 12.4 Å². The van der Waals surface area contributed by atoms with Crippen molar-refractivity contribution in [3.05, 3.63) is 24.3 Å². The molecule has 0 bridgehead atoms. The van der Waals surface area contributed by atoms with Gasteiger partial charge in [-0.05, 0) is 19.4 Å². The predicted molar refractivity (Wildman–Crippen MR) is 72.1 cm³/mol. The Hall–Kier alpha value is -1.04. The fraction of sp³-hybridized carbons (Fsp3) is 0.583. The predicted octanol–water partition coefficient (Wildman–Crippen LogP) is 0.813. The van der Waals surface area contributed by atoms with Crippen LogP contribution >= 0.6 is 12.4 Å². The maximum atomic E-state index is 11.7. The summed E-state index contributed by atoms with van der Waals surface area (Å²) >= 11 is 0. The average molecular weight is 271 g/mol. The quantitative estimate of drug-likeness (QED) is 0.776. The summed E-state index contributed by atoms with van der Waals surface area (Å²) in [5.41, 5.74) is 0.427. The van der Waals surface area contributed by atoms with Crippen molar-refractivity contribution in [2.45, 2.75) is 25.3 Å². The Morgan fingerprint density at radius 3 is 3.00 bits per heavy atom. The zero-order chi connectivity index (χ0) is 11.9. The number of carbonyl (C=O) groups excluding carboxylic acids is 1. The normalized spacial score (nSPS) is 19.0. The molecule has 1 atom stereocenters. The third-order valence-electron chi connectivity index (χ3n) is 2.94. The van der Waals surface area contributed by atoms with Crippen molar-refractivity contribution < 1.29 is 4.79 Å². The lowest BCUT2D eigenvalue weighted by atomic mass is 10.1. The molecule has 2 rings (SSSR count). The maximum Gasteiger partial charge on any atom is 0.196 e. The molecule has 1 fully saturated rings. The number of carbonyl (C=O) groups is 1. The van der Waals surface area contributed by atoms with Crippen molar-refractivity contribution in [1.82, 2.24) is 20.6 Å². The van der Waals surface area contributed by atoms with Crippen LogP contribution in [0.2, 0.25) is 0 Å². The smallest absolute Gasteiger partial charge is 0.196 e. The Balaban J connectivity index is 0.00000162. The number of hydrogen-bond donors (Lipinski definition) is 2. The lowest BCUT2D eigenvalue weighted by Crippen LogP contribution is -2.42. The second-order valence-corrected chi connectivity index (χ2v) is 4.29. The van der Waals surface area contributed by atoms with Gasteiger partial charge in [-0.3, -0.25) is 9.78 Å². The van der Waals surface area contributed by atoms with Gasteiger partial charge >= 0.3 is 0 Å². The van der Waals surface area contributed by atoms with Crippen molar-refractivity contribution in [3.63, 3.8) is 0 Å². The lowest BCUT2D eigenvalue weighted by Gasteiger charge is -2.23. The van der Waals surface area contributed by atoms with Gasteiger partial charge in [-0.1, -0.05) is 6.42 Å². The SMILES string of the molecule is Cl.O=C(CNCC1CCCCN1)c1cnccn1. The molecule has 18 heavy (non-hydrogen) atoms. The van der Waals surface area contributed by atoms with E-state index in [4.69, 9.17) is 0 Å². The van der Waals surface area contributed by atoms with E-state index in [2.05, 4.69) is 20.6 Å². The first kappa shape index (κ1) is 15.0. The van der Waals surface area contributed by atoms with Gasteiger partial charge in [0.1, 0.15) is 5.69 Å². The summed E-state index contributed by atoms with van der Waals surface area (Å²) in [4.78, 5) is 19.6. The van der Waals surface area contributed by atoms with Crippen LogP contribution in [-0.4, -0.2) is 41.4 Å². The second kappa shape index (κ2) is 8.13. The Kier molecular flexibility index (Phi) is 6.78. The van der Waals surface area contributed by atoms with E-state index in [1.165, 1.54) is 31.7 Å². The lowest BCUT2D eigenvalue weighted by molar-refractivity contribution is 0.0985. The number of rotatable bonds is 5. The van der Waals surface area contributed by atoms with E-state index in [0.717, 1.165) is 13.1 Å². The summed E-state index contributed by atoms with van der Waals surface area (Å²) in [7, 11) is 0. The molecule has 0 radical (unpaired) electrons. The first-order valence-electron chi connectivity index (χ1n) is 6.09. The van der Waals surface area contributed by atoms with Gasteiger partial charge in [0.05, 0.1) is 12.7 Å². The van der Waals surface area contributed by atoms with Gasteiger partial charge in [0.15, 0.2) is 5.78 Å². The molecule has 1 aromatic rings. The van der Waals surface area contributed by atoms with Crippen molar-refractivity contribution in [1.29, 1.82) is 0 Å². The zero-order valence-corrected chi connectivity index (χ0v) is 11.1. The molecular weight excluding hydrogens is 252 g/mol. The topological polar surface area (TPSA) is 66.9 Å². The van der Waals surface area contributed by atoms with E-state index in [-0.39, 0.29) is 18.2 Å². The number of Topliss-reactive ketones (excluding diaryl/α,β-unsaturated/α-hetero) is 1. The number of hydrogen-bond acceptors (Lipinski definition) is 5. The number of nitrogens with zero attached hydrogens (tertiary/aromatic N) is 2. The summed E-state index contributed by atoms with van der Waals surface area (Å²) in [5.74, 6) is -0.00564. The minimum atomic E-state index is -0.00564. The van der Waals surface area contributed by atoms with Crippen LogP contribution in [0.25, 0.3) is 0 Å². The van der Waals surface area contributed by atoms with Gasteiger partial charge < -0.3 is 10.6 Å². The molecule has 6 heteroatoms. The minimum absolute atomic E-state index is 0. The molecule has 1 aliphatic heterocycles. The number of nitrogens with one attached hydrogen (secondary N) is 2. The third kappa shape index (κ3) is 4.68. The standard InChI is InChI=1S/C12H18N4O.ClH/c17-12(11-8-13-5-6-16-11)9-14-7-10-3-1-2-4-15-10;/h5-6,8,10,14-15H,1-4,7,9H2;1H. The van der Waals surface area contributed by atoms with Crippen LogP contribution in [0.1, 0.15) is 29.8 Å². The minimum Gasteiger partial charge on any atom is -0.313 e. The Labute approximate surface area is 113 Å². The molecule has 1 saturated heterocycles. The fourth-order valence-electron chi connectivity index (χ4n) is 1.99. The monoisotopic (exact) mass is 270 g/mol. The van der Waals surface area contributed by atoms with Gasteiger partial charge in [0, 0.05) is 25.0 Å². The van der Waals surface area contributed by atoms with Crippen LogP contribution in [-0.2, 0) is 0 Å². The summed E-state index contributed by atoms with van der Waals surface area (Å²) in [6, 6.07) is 0.499. The Bertz CT molecular complexity index is 354. The molecule has 0 spiro atoms. The zero-order valence-electron chi connectivity index (χ0n) is 10.3. The summed E-state index contributed by atoms with van der Waals surface area (Å²) in [6.07, 6.45) is 8.33. The van der Waals surface area contributed by atoms with Crippen molar-refractivity contribution in [2.24, 2.45) is 0 Å². The van der Waals surface area contributed by atoms with Crippen molar-refractivity contribution in [3.8, 4) is 0 Å². The number of aromatic nitrogens is 2. The van der Waals surface area contributed by atoms with Crippen molar-refractivity contribution >= 4 is 18.2 Å². The highest BCUT2D eigenvalue weighted by Crippen LogP contribution is 2.05. The third-order valence-corrected chi connectivity index (χ3v) is 2.94. The molecule has 0 amide bonds. The molecule has 2 heterocycles. The highest BCUT2D eigenvalue weighted by molar-refractivity contribution is 5.95. The Morgan fingerprint density at radius 1 is 1.44 bits per heavy atom. The molecule has 1 aromatic heterocycles. The molecule has 5 nitrogen and oxygen atoms in total. The van der Waals surface area contributed by atoms with E-state index in [9.17, 15) is 4.79 Å². The molecule has 0 saturated carbocycles.